The second kappa shape index (κ2) is 6.46. The molecule has 0 bridgehead atoms. The summed E-state index contributed by atoms with van der Waals surface area (Å²) in [6.45, 7) is 4.68. The van der Waals surface area contributed by atoms with Crippen LogP contribution in [0, 0.1) is 13.8 Å². The minimum absolute atomic E-state index is 0.448. The van der Waals surface area contributed by atoms with Crippen LogP contribution in [0.3, 0.4) is 0 Å². The molecule has 0 fully saturated rings. The molecular formula is C19H19ClN6. The summed E-state index contributed by atoms with van der Waals surface area (Å²) in [5, 5.41) is 9.16. The molecule has 0 atom stereocenters. The third-order valence-corrected chi connectivity index (χ3v) is 4.98. The standard InChI is InChI=1S/C19H19ClN6/c1-11-16(6-13-4-5-21-19(13)25-11)14-7-17(18(20)23-8-14)22-9-15-10-24-26(3)12(15)2/h4-8,10,22H,9H2,1-3H3,(H,21,25). The molecule has 4 heterocycles. The highest BCUT2D eigenvalue weighted by Gasteiger charge is 2.11. The zero-order chi connectivity index (χ0) is 18.3. The number of aromatic amines is 1. The Hall–Kier alpha value is -2.86. The lowest BCUT2D eigenvalue weighted by Crippen LogP contribution is -2.03. The second-order valence-electron chi connectivity index (χ2n) is 6.33. The van der Waals surface area contributed by atoms with Crippen molar-refractivity contribution in [3.05, 3.63) is 58.9 Å². The molecule has 4 aromatic heterocycles. The third-order valence-electron chi connectivity index (χ3n) is 4.68. The lowest BCUT2D eigenvalue weighted by molar-refractivity contribution is 0.738. The van der Waals surface area contributed by atoms with Gasteiger partial charge in [0.2, 0.25) is 0 Å². The summed E-state index contributed by atoms with van der Waals surface area (Å²) in [4.78, 5) is 12.1. The van der Waals surface area contributed by atoms with Crippen molar-refractivity contribution >= 4 is 28.3 Å². The van der Waals surface area contributed by atoms with E-state index in [0.29, 0.717) is 11.7 Å². The molecule has 4 aromatic rings. The average Bonchev–Trinajstić information content (AvgIpc) is 3.21. The predicted molar refractivity (Wildman–Crippen MR) is 104 cm³/mol. The van der Waals surface area contributed by atoms with E-state index in [2.05, 4.69) is 31.4 Å². The normalized spacial score (nSPS) is 11.2. The Morgan fingerprint density at radius 1 is 1.23 bits per heavy atom. The number of nitrogens with zero attached hydrogens (tertiary/aromatic N) is 4. The molecule has 0 saturated heterocycles. The number of nitrogens with one attached hydrogen (secondary N) is 2. The van der Waals surface area contributed by atoms with Crippen LogP contribution in [0.15, 0.2) is 36.8 Å². The Morgan fingerprint density at radius 3 is 2.85 bits per heavy atom. The topological polar surface area (TPSA) is 71.4 Å². The van der Waals surface area contributed by atoms with Crippen molar-refractivity contribution < 1.29 is 0 Å². The number of anilines is 1. The fourth-order valence-corrected chi connectivity index (χ4v) is 3.16. The van der Waals surface area contributed by atoms with E-state index in [1.807, 2.05) is 50.1 Å². The van der Waals surface area contributed by atoms with Gasteiger partial charge in [-0.1, -0.05) is 11.6 Å². The van der Waals surface area contributed by atoms with Gasteiger partial charge in [-0.2, -0.15) is 5.10 Å². The van der Waals surface area contributed by atoms with E-state index in [1.54, 1.807) is 6.20 Å². The van der Waals surface area contributed by atoms with E-state index in [9.17, 15) is 0 Å². The van der Waals surface area contributed by atoms with Crippen LogP contribution < -0.4 is 5.32 Å². The highest BCUT2D eigenvalue weighted by atomic mass is 35.5. The third kappa shape index (κ3) is 2.93. The van der Waals surface area contributed by atoms with Crippen LogP contribution in [0.1, 0.15) is 17.0 Å². The Labute approximate surface area is 156 Å². The highest BCUT2D eigenvalue weighted by Crippen LogP contribution is 2.30. The van der Waals surface area contributed by atoms with Gasteiger partial charge in [0.05, 0.1) is 11.9 Å². The molecule has 0 unspecified atom stereocenters. The number of rotatable bonds is 4. The van der Waals surface area contributed by atoms with Crippen molar-refractivity contribution in [2.75, 3.05) is 5.32 Å². The van der Waals surface area contributed by atoms with Crippen molar-refractivity contribution in [3.63, 3.8) is 0 Å². The van der Waals surface area contributed by atoms with Crippen LogP contribution >= 0.6 is 11.6 Å². The molecule has 0 aliphatic carbocycles. The summed E-state index contributed by atoms with van der Waals surface area (Å²) in [7, 11) is 1.93. The molecule has 4 rings (SSSR count). The number of aromatic nitrogens is 5. The number of hydrogen-bond acceptors (Lipinski definition) is 4. The predicted octanol–water partition coefficient (Wildman–Crippen LogP) is 4.24. The molecule has 2 N–H and O–H groups in total. The fourth-order valence-electron chi connectivity index (χ4n) is 2.99. The SMILES string of the molecule is Cc1nc2[nH]ccc2cc1-c1cnc(Cl)c(NCc2cnn(C)c2C)c1. The fraction of sp³-hybridized carbons (Fsp3) is 0.211. The number of pyridine rings is 2. The van der Waals surface area contributed by atoms with E-state index in [0.717, 1.165) is 44.8 Å². The smallest absolute Gasteiger partial charge is 0.152 e. The molecule has 0 aliphatic rings. The van der Waals surface area contributed by atoms with E-state index in [4.69, 9.17) is 11.6 Å². The van der Waals surface area contributed by atoms with Gasteiger partial charge in [0.1, 0.15) is 5.65 Å². The summed E-state index contributed by atoms with van der Waals surface area (Å²) in [5.74, 6) is 0. The molecule has 0 aliphatic heterocycles. The molecule has 0 saturated carbocycles. The Kier molecular flexibility index (Phi) is 4.12. The maximum absolute atomic E-state index is 6.30. The van der Waals surface area contributed by atoms with Crippen LogP contribution in [0.25, 0.3) is 22.2 Å². The van der Waals surface area contributed by atoms with Gasteiger partial charge in [-0.25, -0.2) is 9.97 Å². The highest BCUT2D eigenvalue weighted by molar-refractivity contribution is 6.32. The number of halogens is 1. The van der Waals surface area contributed by atoms with Gasteiger partial charge in [-0.3, -0.25) is 4.68 Å². The molecule has 6 nitrogen and oxygen atoms in total. The van der Waals surface area contributed by atoms with E-state index in [1.165, 1.54) is 0 Å². The summed E-state index contributed by atoms with van der Waals surface area (Å²) in [5.41, 5.74) is 6.89. The number of H-pyrrole nitrogens is 1. The van der Waals surface area contributed by atoms with Crippen LogP contribution in [-0.4, -0.2) is 24.7 Å². The monoisotopic (exact) mass is 366 g/mol. The number of hydrogen-bond donors (Lipinski definition) is 2. The summed E-state index contributed by atoms with van der Waals surface area (Å²) >= 11 is 6.30. The van der Waals surface area contributed by atoms with Crippen molar-refractivity contribution in [3.8, 4) is 11.1 Å². The molecule has 0 radical (unpaired) electrons. The number of fused-ring (bicyclic) bond motifs is 1. The first-order chi connectivity index (χ1) is 12.5. The first-order valence-corrected chi connectivity index (χ1v) is 8.72. The van der Waals surface area contributed by atoms with Gasteiger partial charge >= 0.3 is 0 Å². The summed E-state index contributed by atoms with van der Waals surface area (Å²) in [6.07, 6.45) is 5.54. The number of aryl methyl sites for hydroxylation is 2. The van der Waals surface area contributed by atoms with Gasteiger partial charge in [-0.15, -0.1) is 0 Å². The van der Waals surface area contributed by atoms with Gasteiger partial charge in [0.25, 0.3) is 0 Å². The van der Waals surface area contributed by atoms with Gasteiger partial charge in [-0.05, 0) is 32.0 Å². The molecule has 132 valence electrons. The van der Waals surface area contributed by atoms with Crippen LogP contribution in [0.2, 0.25) is 5.15 Å². The van der Waals surface area contributed by atoms with Crippen LogP contribution in [0.4, 0.5) is 5.69 Å². The van der Waals surface area contributed by atoms with Crippen molar-refractivity contribution in [1.29, 1.82) is 0 Å². The minimum atomic E-state index is 0.448. The van der Waals surface area contributed by atoms with Crippen molar-refractivity contribution in [2.24, 2.45) is 7.05 Å². The Balaban J connectivity index is 1.66. The van der Waals surface area contributed by atoms with E-state index < -0.39 is 0 Å². The van der Waals surface area contributed by atoms with E-state index in [-0.39, 0.29) is 0 Å². The Bertz CT molecular complexity index is 1090. The quantitative estimate of drug-likeness (QED) is 0.530. The van der Waals surface area contributed by atoms with Crippen LogP contribution in [-0.2, 0) is 13.6 Å². The van der Waals surface area contributed by atoms with Gasteiger partial charge in [0, 0.05) is 59.5 Å². The summed E-state index contributed by atoms with van der Waals surface area (Å²) < 4.78 is 1.86. The summed E-state index contributed by atoms with van der Waals surface area (Å²) in [6, 6.07) is 6.15. The molecular weight excluding hydrogens is 348 g/mol. The molecule has 0 amide bonds. The average molecular weight is 367 g/mol. The van der Waals surface area contributed by atoms with Crippen molar-refractivity contribution in [1.82, 2.24) is 24.7 Å². The maximum atomic E-state index is 6.30. The Morgan fingerprint density at radius 2 is 2.08 bits per heavy atom. The zero-order valence-corrected chi connectivity index (χ0v) is 15.6. The molecule has 0 aromatic carbocycles. The lowest BCUT2D eigenvalue weighted by atomic mass is 10.0. The molecule has 7 heteroatoms. The minimum Gasteiger partial charge on any atom is -0.378 e. The lowest BCUT2D eigenvalue weighted by Gasteiger charge is -2.11. The first kappa shape index (κ1) is 16.6. The van der Waals surface area contributed by atoms with Crippen LogP contribution in [0.5, 0.6) is 0 Å². The molecule has 0 spiro atoms. The van der Waals surface area contributed by atoms with E-state index >= 15 is 0 Å². The van der Waals surface area contributed by atoms with Gasteiger partial charge in [0.15, 0.2) is 5.15 Å². The van der Waals surface area contributed by atoms with Crippen molar-refractivity contribution in [2.45, 2.75) is 20.4 Å². The van der Waals surface area contributed by atoms with Gasteiger partial charge < -0.3 is 10.3 Å². The molecule has 26 heavy (non-hydrogen) atoms. The first-order valence-electron chi connectivity index (χ1n) is 8.35. The zero-order valence-electron chi connectivity index (χ0n) is 14.8. The maximum Gasteiger partial charge on any atom is 0.152 e. The second-order valence-corrected chi connectivity index (χ2v) is 6.69. The largest absolute Gasteiger partial charge is 0.378 e.